The zero-order chi connectivity index (χ0) is 14.7. The van der Waals surface area contributed by atoms with Crippen LogP contribution in [0.15, 0.2) is 6.07 Å². The van der Waals surface area contributed by atoms with Crippen molar-refractivity contribution in [3.8, 4) is 0 Å². The molecule has 0 saturated carbocycles. The summed E-state index contributed by atoms with van der Waals surface area (Å²) in [5.74, 6) is 3.27. The van der Waals surface area contributed by atoms with Crippen LogP contribution in [0, 0.1) is 0 Å². The van der Waals surface area contributed by atoms with Gasteiger partial charge in [-0.1, -0.05) is 13.8 Å². The van der Waals surface area contributed by atoms with E-state index >= 15 is 0 Å². The van der Waals surface area contributed by atoms with Crippen molar-refractivity contribution >= 4 is 11.6 Å². The minimum atomic E-state index is 0.347. The van der Waals surface area contributed by atoms with E-state index in [1.54, 1.807) is 0 Å². The third-order valence-corrected chi connectivity index (χ3v) is 3.82. The van der Waals surface area contributed by atoms with Crippen LogP contribution in [0.5, 0.6) is 0 Å². The van der Waals surface area contributed by atoms with Gasteiger partial charge < -0.3 is 15.1 Å². The predicted octanol–water partition coefficient (Wildman–Crippen LogP) is 2.17. The first-order valence-corrected chi connectivity index (χ1v) is 7.55. The van der Waals surface area contributed by atoms with E-state index in [1.807, 2.05) is 0 Å². The molecule has 1 atom stereocenters. The molecule has 0 amide bonds. The van der Waals surface area contributed by atoms with Crippen LogP contribution in [-0.2, 0) is 0 Å². The van der Waals surface area contributed by atoms with E-state index < -0.39 is 0 Å². The van der Waals surface area contributed by atoms with Crippen molar-refractivity contribution in [3.63, 3.8) is 0 Å². The maximum atomic E-state index is 4.75. The van der Waals surface area contributed by atoms with Gasteiger partial charge in [-0.25, -0.2) is 9.97 Å². The van der Waals surface area contributed by atoms with E-state index in [0.29, 0.717) is 12.0 Å². The van der Waals surface area contributed by atoms with Crippen LogP contribution in [0.2, 0.25) is 0 Å². The standard InChI is InChI=1S/C15H27N5/c1-6-16-13-9-14(18-15(17-13)11(2)3)20-8-7-12(10-20)19(4)5/h9,11-12H,6-8,10H2,1-5H3,(H,16,17,18). The normalized spacial score (nSPS) is 19.1. The molecule has 1 unspecified atom stereocenters. The Morgan fingerprint density at radius 1 is 1.40 bits per heavy atom. The molecule has 0 bridgehead atoms. The van der Waals surface area contributed by atoms with Gasteiger partial charge in [-0.3, -0.25) is 0 Å². The van der Waals surface area contributed by atoms with Crippen molar-refractivity contribution in [2.45, 2.75) is 39.2 Å². The Balaban J connectivity index is 2.22. The average molecular weight is 277 g/mol. The van der Waals surface area contributed by atoms with E-state index in [1.165, 1.54) is 6.42 Å². The molecule has 20 heavy (non-hydrogen) atoms. The third kappa shape index (κ3) is 3.39. The number of aromatic nitrogens is 2. The van der Waals surface area contributed by atoms with E-state index in [-0.39, 0.29) is 0 Å². The Labute approximate surface area is 122 Å². The molecule has 5 heteroatoms. The van der Waals surface area contributed by atoms with Crippen molar-refractivity contribution in [2.24, 2.45) is 0 Å². The lowest BCUT2D eigenvalue weighted by molar-refractivity contribution is 0.315. The van der Waals surface area contributed by atoms with Gasteiger partial charge in [-0.05, 0) is 27.4 Å². The average Bonchev–Trinajstić information content (AvgIpc) is 2.88. The number of nitrogens with zero attached hydrogens (tertiary/aromatic N) is 4. The summed E-state index contributed by atoms with van der Waals surface area (Å²) in [6, 6.07) is 2.70. The summed E-state index contributed by atoms with van der Waals surface area (Å²) in [7, 11) is 4.30. The topological polar surface area (TPSA) is 44.3 Å². The lowest BCUT2D eigenvalue weighted by Gasteiger charge is -2.22. The SMILES string of the molecule is CCNc1cc(N2CCC(N(C)C)C2)nc(C(C)C)n1. The number of likely N-dealkylation sites (N-methyl/N-ethyl adjacent to an activating group) is 1. The molecule has 0 spiro atoms. The van der Waals surface area contributed by atoms with Gasteiger partial charge in [0.25, 0.3) is 0 Å². The fraction of sp³-hybridized carbons (Fsp3) is 0.733. The number of hydrogen-bond donors (Lipinski definition) is 1. The van der Waals surface area contributed by atoms with Crippen LogP contribution in [0.3, 0.4) is 0 Å². The van der Waals surface area contributed by atoms with Crippen LogP contribution >= 0.6 is 0 Å². The van der Waals surface area contributed by atoms with E-state index in [2.05, 4.69) is 61.0 Å². The maximum absolute atomic E-state index is 4.75. The molecule has 2 rings (SSSR count). The quantitative estimate of drug-likeness (QED) is 0.893. The Kier molecular flexibility index (Phi) is 4.81. The van der Waals surface area contributed by atoms with Gasteiger partial charge in [0, 0.05) is 37.7 Å². The molecule has 1 aromatic rings. The van der Waals surface area contributed by atoms with Gasteiger partial charge in [0.1, 0.15) is 17.5 Å². The second-order valence-corrected chi connectivity index (χ2v) is 6.01. The van der Waals surface area contributed by atoms with E-state index in [0.717, 1.165) is 37.1 Å². The van der Waals surface area contributed by atoms with Crippen LogP contribution in [0.1, 0.15) is 38.9 Å². The smallest absolute Gasteiger partial charge is 0.135 e. The van der Waals surface area contributed by atoms with Gasteiger partial charge in [-0.2, -0.15) is 0 Å². The number of rotatable bonds is 5. The number of nitrogens with one attached hydrogen (secondary N) is 1. The minimum absolute atomic E-state index is 0.347. The fourth-order valence-electron chi connectivity index (χ4n) is 2.52. The van der Waals surface area contributed by atoms with Crippen LogP contribution in [0.25, 0.3) is 0 Å². The Hall–Kier alpha value is -1.36. The summed E-state index contributed by atoms with van der Waals surface area (Å²) in [6.07, 6.45) is 1.20. The van der Waals surface area contributed by atoms with Gasteiger partial charge in [0.15, 0.2) is 0 Å². The third-order valence-electron chi connectivity index (χ3n) is 3.82. The first-order valence-electron chi connectivity index (χ1n) is 7.55. The fourth-order valence-corrected chi connectivity index (χ4v) is 2.52. The summed E-state index contributed by atoms with van der Waals surface area (Å²) in [5.41, 5.74) is 0. The Bertz CT molecular complexity index is 444. The monoisotopic (exact) mass is 277 g/mol. The van der Waals surface area contributed by atoms with Gasteiger partial charge in [0.2, 0.25) is 0 Å². The zero-order valence-electron chi connectivity index (χ0n) is 13.3. The summed E-state index contributed by atoms with van der Waals surface area (Å²) in [6.45, 7) is 9.38. The predicted molar refractivity (Wildman–Crippen MR) is 84.6 cm³/mol. The molecule has 1 N–H and O–H groups in total. The molecular weight excluding hydrogens is 250 g/mol. The van der Waals surface area contributed by atoms with Crippen LogP contribution in [-0.4, -0.2) is 54.6 Å². The van der Waals surface area contributed by atoms with Crippen molar-refractivity contribution in [1.82, 2.24) is 14.9 Å². The van der Waals surface area contributed by atoms with Crippen molar-refractivity contribution in [2.75, 3.05) is 43.9 Å². The maximum Gasteiger partial charge on any atom is 0.135 e. The molecule has 1 aliphatic rings. The van der Waals surface area contributed by atoms with E-state index in [9.17, 15) is 0 Å². The lowest BCUT2D eigenvalue weighted by atomic mass is 10.2. The highest BCUT2D eigenvalue weighted by Crippen LogP contribution is 2.24. The van der Waals surface area contributed by atoms with E-state index in [4.69, 9.17) is 4.98 Å². The summed E-state index contributed by atoms with van der Waals surface area (Å²) in [4.78, 5) is 14.0. The van der Waals surface area contributed by atoms with Crippen LogP contribution in [0.4, 0.5) is 11.6 Å². The molecule has 0 aromatic carbocycles. The second kappa shape index (κ2) is 6.39. The Morgan fingerprint density at radius 2 is 2.15 bits per heavy atom. The first kappa shape index (κ1) is 15.0. The van der Waals surface area contributed by atoms with Crippen LogP contribution < -0.4 is 10.2 Å². The summed E-state index contributed by atoms with van der Waals surface area (Å²) < 4.78 is 0. The molecule has 0 aliphatic carbocycles. The molecule has 5 nitrogen and oxygen atoms in total. The van der Waals surface area contributed by atoms with Gasteiger partial charge in [-0.15, -0.1) is 0 Å². The molecule has 0 radical (unpaired) electrons. The molecule has 1 aliphatic heterocycles. The number of anilines is 2. The highest BCUT2D eigenvalue weighted by Gasteiger charge is 2.25. The second-order valence-electron chi connectivity index (χ2n) is 6.01. The van der Waals surface area contributed by atoms with Crippen molar-refractivity contribution < 1.29 is 0 Å². The summed E-state index contributed by atoms with van der Waals surface area (Å²) in [5, 5.41) is 3.31. The zero-order valence-corrected chi connectivity index (χ0v) is 13.3. The van der Waals surface area contributed by atoms with Gasteiger partial charge >= 0.3 is 0 Å². The number of hydrogen-bond acceptors (Lipinski definition) is 5. The lowest BCUT2D eigenvalue weighted by Crippen LogP contribution is -2.31. The molecule has 1 aromatic heterocycles. The Morgan fingerprint density at radius 3 is 2.70 bits per heavy atom. The highest BCUT2D eigenvalue weighted by atomic mass is 15.3. The largest absolute Gasteiger partial charge is 0.370 e. The highest BCUT2D eigenvalue weighted by molar-refractivity contribution is 5.50. The van der Waals surface area contributed by atoms with Crippen molar-refractivity contribution in [3.05, 3.63) is 11.9 Å². The first-order chi connectivity index (χ1) is 9.51. The molecule has 1 saturated heterocycles. The molecular formula is C15H27N5. The minimum Gasteiger partial charge on any atom is -0.370 e. The van der Waals surface area contributed by atoms with Crippen molar-refractivity contribution in [1.29, 1.82) is 0 Å². The molecule has 112 valence electrons. The summed E-state index contributed by atoms with van der Waals surface area (Å²) >= 11 is 0. The molecule has 1 fully saturated rings. The molecule has 2 heterocycles. The van der Waals surface area contributed by atoms with Gasteiger partial charge in [0.05, 0.1) is 0 Å².